The number of aryl methyl sites for hydroxylation is 1. The number of unbranched alkanes of at least 4 members (excludes halogenated alkanes) is 1. The van der Waals surface area contributed by atoms with E-state index in [1.165, 1.54) is 10.6 Å². The Bertz CT molecular complexity index is 1520. The van der Waals surface area contributed by atoms with Crippen LogP contribution in [0.1, 0.15) is 47.7 Å². The van der Waals surface area contributed by atoms with Gasteiger partial charge in [0.1, 0.15) is 12.0 Å². The first-order valence-corrected chi connectivity index (χ1v) is 13.8. The van der Waals surface area contributed by atoms with Crippen molar-refractivity contribution in [2.24, 2.45) is 0 Å². The Balaban J connectivity index is 1.25. The Labute approximate surface area is 238 Å². The Morgan fingerprint density at radius 1 is 1.07 bits per heavy atom. The number of hydrogen-bond acceptors (Lipinski definition) is 7. The maximum absolute atomic E-state index is 12.2. The van der Waals surface area contributed by atoms with Crippen LogP contribution in [0.2, 0.25) is 0 Å². The summed E-state index contributed by atoms with van der Waals surface area (Å²) in [6.45, 7) is 2.62. The Morgan fingerprint density at radius 2 is 1.85 bits per heavy atom. The molecule has 4 aromatic rings. The molecule has 3 aromatic carbocycles. The number of hydroxylamine groups is 2. The van der Waals surface area contributed by atoms with Gasteiger partial charge in [-0.1, -0.05) is 61.9 Å². The summed E-state index contributed by atoms with van der Waals surface area (Å²) in [5, 5.41) is 11.1. The predicted molar refractivity (Wildman–Crippen MR) is 153 cm³/mol. The van der Waals surface area contributed by atoms with E-state index in [9.17, 15) is 14.7 Å². The number of oxazole rings is 1. The minimum absolute atomic E-state index is 0.0349. The monoisotopic (exact) mass is 552 g/mol. The number of rotatable bonds is 12. The molecule has 8 nitrogen and oxygen atoms in total. The SMILES string of the molecule is CCCCc1ccc(CON2C(=C=O)c3cc(OCCc4coc(-c5ccccc5)n4)ccc3CC2C(=O)O)cc1. The second-order valence-corrected chi connectivity index (χ2v) is 9.96. The van der Waals surface area contributed by atoms with Gasteiger partial charge in [0.05, 0.1) is 18.9 Å². The van der Waals surface area contributed by atoms with E-state index in [1.807, 2.05) is 48.4 Å². The van der Waals surface area contributed by atoms with Gasteiger partial charge in [-0.3, -0.25) is 4.84 Å². The molecule has 0 spiro atoms. The standard InChI is InChI=1S/C33H32N2O6/c1-2-3-7-23-10-12-24(13-11-23)21-41-35-30(33(37)38)18-26-14-15-28(19-29(26)31(35)20-36)39-17-16-27-22-40-32(34-27)25-8-5-4-6-9-25/h4-6,8-15,19,22,30H,2-3,7,16-18,21H2,1H3,(H,37,38). The molecule has 1 unspecified atom stereocenters. The zero-order valence-electron chi connectivity index (χ0n) is 22.9. The number of hydrogen-bond donors (Lipinski definition) is 1. The van der Waals surface area contributed by atoms with Crippen LogP contribution in [-0.4, -0.2) is 39.7 Å². The topological polar surface area (TPSA) is 102 Å². The van der Waals surface area contributed by atoms with Crippen molar-refractivity contribution < 1.29 is 28.7 Å². The van der Waals surface area contributed by atoms with E-state index in [0.29, 0.717) is 35.8 Å². The summed E-state index contributed by atoms with van der Waals surface area (Å²) >= 11 is 0. The fourth-order valence-electron chi connectivity index (χ4n) is 4.79. The van der Waals surface area contributed by atoms with Gasteiger partial charge in [0.15, 0.2) is 17.7 Å². The van der Waals surface area contributed by atoms with Crippen LogP contribution < -0.4 is 4.74 Å². The molecule has 1 aromatic heterocycles. The number of aliphatic carboxylic acids is 1. The third-order valence-electron chi connectivity index (χ3n) is 7.05. The molecule has 0 radical (unpaired) electrons. The van der Waals surface area contributed by atoms with Crippen LogP contribution in [-0.2, 0) is 40.3 Å². The minimum atomic E-state index is -1.08. The maximum atomic E-state index is 12.2. The summed E-state index contributed by atoms with van der Waals surface area (Å²) in [6, 6.07) is 21.9. The van der Waals surface area contributed by atoms with Gasteiger partial charge in [0.25, 0.3) is 0 Å². The summed E-state index contributed by atoms with van der Waals surface area (Å²) in [4.78, 5) is 34.7. The lowest BCUT2D eigenvalue weighted by atomic mass is 9.93. The van der Waals surface area contributed by atoms with Crippen molar-refractivity contribution in [3.63, 3.8) is 0 Å². The van der Waals surface area contributed by atoms with E-state index in [0.717, 1.165) is 36.1 Å². The summed E-state index contributed by atoms with van der Waals surface area (Å²) in [5.74, 6) is 1.93. The van der Waals surface area contributed by atoms with Gasteiger partial charge >= 0.3 is 5.97 Å². The van der Waals surface area contributed by atoms with Crippen molar-refractivity contribution in [2.45, 2.75) is 51.7 Å². The fraction of sp³-hybridized carbons (Fsp3) is 0.273. The second kappa shape index (κ2) is 13.1. The fourth-order valence-corrected chi connectivity index (χ4v) is 4.79. The van der Waals surface area contributed by atoms with Crippen LogP contribution in [0.4, 0.5) is 0 Å². The maximum Gasteiger partial charge on any atom is 0.329 e. The predicted octanol–water partition coefficient (Wildman–Crippen LogP) is 5.92. The highest BCUT2D eigenvalue weighted by Crippen LogP contribution is 2.34. The molecule has 0 amide bonds. The highest BCUT2D eigenvalue weighted by molar-refractivity contribution is 5.91. The zero-order chi connectivity index (χ0) is 28.6. The number of carbonyl (C=O) groups excluding carboxylic acids is 1. The van der Waals surface area contributed by atoms with Crippen molar-refractivity contribution in [2.75, 3.05) is 6.61 Å². The van der Waals surface area contributed by atoms with E-state index < -0.39 is 12.0 Å². The number of carbonyl (C=O) groups is 1. The van der Waals surface area contributed by atoms with Gasteiger partial charge in [0.2, 0.25) is 5.89 Å². The molecule has 1 aliphatic heterocycles. The quantitative estimate of drug-likeness (QED) is 0.216. The molecule has 1 N–H and O–H groups in total. The average molecular weight is 553 g/mol. The summed E-state index contributed by atoms with van der Waals surface area (Å²) in [7, 11) is 0. The molecule has 41 heavy (non-hydrogen) atoms. The van der Waals surface area contributed by atoms with Crippen LogP contribution >= 0.6 is 0 Å². The molecular weight excluding hydrogens is 520 g/mol. The van der Waals surface area contributed by atoms with Crippen LogP contribution in [0, 0.1) is 0 Å². The largest absolute Gasteiger partial charge is 0.493 e. The van der Waals surface area contributed by atoms with Crippen molar-refractivity contribution >= 4 is 17.6 Å². The highest BCUT2D eigenvalue weighted by Gasteiger charge is 2.36. The molecule has 2 heterocycles. The van der Waals surface area contributed by atoms with Crippen molar-refractivity contribution in [3.8, 4) is 17.2 Å². The molecule has 1 atom stereocenters. The van der Waals surface area contributed by atoms with E-state index in [4.69, 9.17) is 14.0 Å². The first-order chi connectivity index (χ1) is 20.1. The Kier molecular flexibility index (Phi) is 8.94. The van der Waals surface area contributed by atoms with Gasteiger partial charge in [0, 0.05) is 24.0 Å². The lowest BCUT2D eigenvalue weighted by Gasteiger charge is -2.35. The van der Waals surface area contributed by atoms with Crippen molar-refractivity contribution in [1.29, 1.82) is 0 Å². The van der Waals surface area contributed by atoms with Gasteiger partial charge < -0.3 is 14.3 Å². The van der Waals surface area contributed by atoms with Crippen LogP contribution in [0.3, 0.4) is 0 Å². The number of carboxylic acids is 1. The molecule has 5 rings (SSSR count). The Hall–Kier alpha value is -4.65. The summed E-state index contributed by atoms with van der Waals surface area (Å²) in [5.41, 5.74) is 5.08. The van der Waals surface area contributed by atoms with Gasteiger partial charge in [-0.15, -0.1) is 0 Å². The van der Waals surface area contributed by atoms with Crippen LogP contribution in [0.15, 0.2) is 83.5 Å². The number of carboxylic acid groups (broad SMARTS) is 1. The van der Waals surface area contributed by atoms with E-state index in [1.54, 1.807) is 24.5 Å². The van der Waals surface area contributed by atoms with Crippen molar-refractivity contribution in [3.05, 3.63) is 107 Å². The molecule has 0 fully saturated rings. The van der Waals surface area contributed by atoms with Crippen molar-refractivity contribution in [1.82, 2.24) is 10.0 Å². The molecule has 0 saturated heterocycles. The molecule has 0 bridgehead atoms. The molecule has 0 saturated carbocycles. The zero-order valence-corrected chi connectivity index (χ0v) is 22.9. The minimum Gasteiger partial charge on any atom is -0.493 e. The third-order valence-corrected chi connectivity index (χ3v) is 7.05. The van der Waals surface area contributed by atoms with Crippen LogP contribution in [0.25, 0.3) is 17.2 Å². The van der Waals surface area contributed by atoms with Gasteiger partial charge in [-0.05, 0) is 53.8 Å². The van der Waals surface area contributed by atoms with Crippen LogP contribution in [0.5, 0.6) is 5.75 Å². The van der Waals surface area contributed by atoms with Gasteiger partial charge in [-0.25, -0.2) is 19.6 Å². The lowest BCUT2D eigenvalue weighted by Crippen LogP contribution is -2.44. The smallest absolute Gasteiger partial charge is 0.329 e. The number of ether oxygens (including phenoxy) is 1. The first kappa shape index (κ1) is 27.9. The average Bonchev–Trinajstić information content (AvgIpc) is 3.48. The molecule has 210 valence electrons. The lowest BCUT2D eigenvalue weighted by molar-refractivity contribution is -0.177. The van der Waals surface area contributed by atoms with Gasteiger partial charge in [-0.2, -0.15) is 0 Å². The molecule has 8 heteroatoms. The summed E-state index contributed by atoms with van der Waals surface area (Å²) in [6.07, 6.45) is 5.58. The second-order valence-electron chi connectivity index (χ2n) is 9.96. The summed E-state index contributed by atoms with van der Waals surface area (Å²) < 4.78 is 11.6. The molecule has 1 aliphatic rings. The first-order valence-electron chi connectivity index (χ1n) is 13.8. The molecule has 0 aliphatic carbocycles. The Morgan fingerprint density at radius 3 is 2.59 bits per heavy atom. The normalized spacial score (nSPS) is 14.4. The van der Waals surface area contributed by atoms with E-state index in [2.05, 4.69) is 24.0 Å². The number of nitrogens with zero attached hydrogens (tertiary/aromatic N) is 2. The molecular formula is C33H32N2O6. The third kappa shape index (κ3) is 6.74. The van der Waals surface area contributed by atoms with E-state index in [-0.39, 0.29) is 18.7 Å². The number of aromatic nitrogens is 1. The number of fused-ring (bicyclic) bond motifs is 1. The van der Waals surface area contributed by atoms with E-state index >= 15 is 0 Å². The highest BCUT2D eigenvalue weighted by atomic mass is 16.7. The number of benzene rings is 3.